The summed E-state index contributed by atoms with van der Waals surface area (Å²) in [7, 11) is 0. The first kappa shape index (κ1) is 20.7. The highest BCUT2D eigenvalue weighted by Crippen LogP contribution is 2.62. The van der Waals surface area contributed by atoms with E-state index in [0.717, 1.165) is 44.9 Å². The average Bonchev–Trinajstić information content (AvgIpc) is 2.53. The van der Waals surface area contributed by atoms with Crippen LogP contribution in [0.1, 0.15) is 72.6 Å². The number of allylic oxidation sites excluding steroid dienone is 2. The van der Waals surface area contributed by atoms with Gasteiger partial charge in [-0.25, -0.2) is 0 Å². The van der Waals surface area contributed by atoms with Gasteiger partial charge in [-0.3, -0.25) is 9.59 Å². The molecule has 0 spiro atoms. The standard InChI is InChI=1S/C22H34O4/c1-15(11-14-26-17(3)23)7-9-18-16(2)8-10-19-21(18,4)12-6-13-22(19,5)20(24)25/h11,18-19H,2,6-10,12-14H2,1,3-5H3,(H,24,25)/b15-11+/t18-,19+,21+,22+/m1/s1. The molecule has 4 heteroatoms. The first-order chi connectivity index (χ1) is 12.1. The van der Waals surface area contributed by atoms with Crippen LogP contribution < -0.4 is 0 Å². The van der Waals surface area contributed by atoms with Gasteiger partial charge in [0.05, 0.1) is 5.41 Å². The number of ether oxygens (including phenoxy) is 1. The molecule has 0 aliphatic heterocycles. The summed E-state index contributed by atoms with van der Waals surface area (Å²) in [4.78, 5) is 22.9. The van der Waals surface area contributed by atoms with Crippen molar-refractivity contribution in [2.45, 2.75) is 72.6 Å². The summed E-state index contributed by atoms with van der Waals surface area (Å²) in [6.45, 7) is 12.4. The molecule has 0 bridgehead atoms. The van der Waals surface area contributed by atoms with Gasteiger partial charge in [-0.05, 0) is 75.7 Å². The molecule has 146 valence electrons. The van der Waals surface area contributed by atoms with Crippen molar-refractivity contribution in [3.8, 4) is 0 Å². The monoisotopic (exact) mass is 362 g/mol. The molecule has 26 heavy (non-hydrogen) atoms. The van der Waals surface area contributed by atoms with E-state index in [1.165, 1.54) is 18.1 Å². The summed E-state index contributed by atoms with van der Waals surface area (Å²) in [6.07, 6.45) is 8.60. The van der Waals surface area contributed by atoms with Gasteiger partial charge in [-0.1, -0.05) is 31.1 Å². The molecule has 0 radical (unpaired) electrons. The number of carbonyl (C=O) groups is 2. The van der Waals surface area contributed by atoms with Gasteiger partial charge in [0.1, 0.15) is 6.61 Å². The van der Waals surface area contributed by atoms with Crippen molar-refractivity contribution < 1.29 is 19.4 Å². The van der Waals surface area contributed by atoms with Gasteiger partial charge in [-0.15, -0.1) is 0 Å². The number of aliphatic carboxylic acids is 1. The number of carboxylic acids is 1. The Morgan fingerprint density at radius 1 is 1.31 bits per heavy atom. The number of carbonyl (C=O) groups excluding carboxylic acids is 1. The van der Waals surface area contributed by atoms with E-state index in [9.17, 15) is 14.7 Å². The van der Waals surface area contributed by atoms with Gasteiger partial charge in [0.15, 0.2) is 0 Å². The van der Waals surface area contributed by atoms with Crippen LogP contribution >= 0.6 is 0 Å². The Bertz CT molecular complexity index is 605. The molecule has 4 atom stereocenters. The number of rotatable bonds is 6. The van der Waals surface area contributed by atoms with Crippen LogP contribution in [-0.4, -0.2) is 23.7 Å². The minimum atomic E-state index is -0.642. The van der Waals surface area contributed by atoms with E-state index >= 15 is 0 Å². The predicted octanol–water partition coefficient (Wildman–Crippen LogP) is 5.14. The van der Waals surface area contributed by atoms with Crippen molar-refractivity contribution >= 4 is 11.9 Å². The lowest BCUT2D eigenvalue weighted by Crippen LogP contribution is -2.53. The van der Waals surface area contributed by atoms with Crippen LogP contribution in [0.4, 0.5) is 0 Å². The molecule has 0 unspecified atom stereocenters. The molecule has 1 N–H and O–H groups in total. The highest BCUT2D eigenvalue weighted by molar-refractivity contribution is 5.75. The van der Waals surface area contributed by atoms with E-state index < -0.39 is 11.4 Å². The van der Waals surface area contributed by atoms with Crippen molar-refractivity contribution in [1.29, 1.82) is 0 Å². The van der Waals surface area contributed by atoms with Crippen LogP contribution in [0, 0.1) is 22.7 Å². The number of hydrogen-bond donors (Lipinski definition) is 1. The topological polar surface area (TPSA) is 63.6 Å². The smallest absolute Gasteiger partial charge is 0.309 e. The lowest BCUT2D eigenvalue weighted by molar-refractivity contribution is -0.164. The van der Waals surface area contributed by atoms with Crippen LogP contribution in [0.25, 0.3) is 0 Å². The highest BCUT2D eigenvalue weighted by atomic mass is 16.5. The molecule has 2 saturated carbocycles. The molecule has 2 aliphatic rings. The lowest BCUT2D eigenvalue weighted by Gasteiger charge is -2.57. The number of fused-ring (bicyclic) bond motifs is 1. The Kier molecular flexibility index (Phi) is 6.36. The molecule has 0 aromatic heterocycles. The summed E-state index contributed by atoms with van der Waals surface area (Å²) < 4.78 is 4.99. The molecule has 2 rings (SSSR count). The van der Waals surface area contributed by atoms with Crippen molar-refractivity contribution in [2.24, 2.45) is 22.7 Å². The van der Waals surface area contributed by atoms with Gasteiger partial charge in [0.2, 0.25) is 0 Å². The quantitative estimate of drug-likeness (QED) is 0.525. The van der Waals surface area contributed by atoms with Crippen molar-refractivity contribution in [2.75, 3.05) is 6.61 Å². The van der Waals surface area contributed by atoms with Crippen LogP contribution in [0.15, 0.2) is 23.8 Å². The zero-order valence-corrected chi connectivity index (χ0v) is 16.8. The Hall–Kier alpha value is -1.58. The van der Waals surface area contributed by atoms with E-state index in [-0.39, 0.29) is 17.3 Å². The third-order valence-electron chi connectivity index (χ3n) is 7.05. The third-order valence-corrected chi connectivity index (χ3v) is 7.05. The van der Waals surface area contributed by atoms with E-state index in [4.69, 9.17) is 4.74 Å². The van der Waals surface area contributed by atoms with Gasteiger partial charge < -0.3 is 9.84 Å². The summed E-state index contributed by atoms with van der Waals surface area (Å²) in [5, 5.41) is 9.89. The van der Waals surface area contributed by atoms with E-state index in [0.29, 0.717) is 12.5 Å². The maximum Gasteiger partial charge on any atom is 0.309 e. The zero-order chi connectivity index (χ0) is 19.5. The highest BCUT2D eigenvalue weighted by Gasteiger charge is 2.57. The third kappa shape index (κ3) is 4.05. The molecular formula is C22H34O4. The van der Waals surface area contributed by atoms with E-state index in [2.05, 4.69) is 20.4 Å². The van der Waals surface area contributed by atoms with Crippen LogP contribution in [0.2, 0.25) is 0 Å². The predicted molar refractivity (Wildman–Crippen MR) is 103 cm³/mol. The number of carboxylic acid groups (broad SMARTS) is 1. The molecule has 2 fully saturated rings. The molecule has 0 aromatic carbocycles. The molecule has 2 aliphatic carbocycles. The number of esters is 1. The second kappa shape index (κ2) is 7.98. The Balaban J connectivity index is 2.13. The van der Waals surface area contributed by atoms with Crippen LogP contribution in [-0.2, 0) is 14.3 Å². The normalized spacial score (nSPS) is 34.9. The summed E-state index contributed by atoms with van der Waals surface area (Å²) in [6, 6.07) is 0. The minimum absolute atomic E-state index is 0.0108. The molecule has 4 nitrogen and oxygen atoms in total. The second-order valence-electron chi connectivity index (χ2n) is 8.78. The van der Waals surface area contributed by atoms with Crippen LogP contribution in [0.3, 0.4) is 0 Å². The Morgan fingerprint density at radius 3 is 2.62 bits per heavy atom. The van der Waals surface area contributed by atoms with Gasteiger partial charge in [0, 0.05) is 6.92 Å². The zero-order valence-electron chi connectivity index (χ0n) is 16.8. The van der Waals surface area contributed by atoms with Gasteiger partial charge in [0.25, 0.3) is 0 Å². The molecule has 0 heterocycles. The van der Waals surface area contributed by atoms with Gasteiger partial charge >= 0.3 is 11.9 Å². The fourth-order valence-electron chi connectivity index (χ4n) is 5.51. The maximum atomic E-state index is 12.0. The van der Waals surface area contributed by atoms with Crippen molar-refractivity contribution in [1.82, 2.24) is 0 Å². The molecule has 0 saturated heterocycles. The summed E-state index contributed by atoms with van der Waals surface area (Å²) in [5.74, 6) is -0.336. The minimum Gasteiger partial charge on any atom is -0.481 e. The maximum absolute atomic E-state index is 12.0. The van der Waals surface area contributed by atoms with E-state index in [1.807, 2.05) is 13.0 Å². The van der Waals surface area contributed by atoms with Gasteiger partial charge in [-0.2, -0.15) is 0 Å². The van der Waals surface area contributed by atoms with E-state index in [1.54, 1.807) is 0 Å². The Morgan fingerprint density at radius 2 is 2.00 bits per heavy atom. The molecule has 0 aromatic rings. The van der Waals surface area contributed by atoms with Crippen LogP contribution in [0.5, 0.6) is 0 Å². The van der Waals surface area contributed by atoms with Crippen molar-refractivity contribution in [3.05, 3.63) is 23.8 Å². The molecular weight excluding hydrogens is 328 g/mol. The second-order valence-corrected chi connectivity index (χ2v) is 8.78. The number of hydrogen-bond acceptors (Lipinski definition) is 3. The lowest BCUT2D eigenvalue weighted by atomic mass is 9.46. The average molecular weight is 363 g/mol. The first-order valence-electron chi connectivity index (χ1n) is 9.81. The SMILES string of the molecule is C=C1CC[C@H]2[C@@](C)(CCC[C@]2(C)C(=O)O)[C@@H]1CC/C(C)=C/COC(C)=O. The summed E-state index contributed by atoms with van der Waals surface area (Å²) in [5.41, 5.74) is 1.89. The fourth-order valence-corrected chi connectivity index (χ4v) is 5.51. The fraction of sp³-hybridized carbons (Fsp3) is 0.727. The summed E-state index contributed by atoms with van der Waals surface area (Å²) >= 11 is 0. The Labute approximate surface area is 157 Å². The first-order valence-corrected chi connectivity index (χ1v) is 9.81. The molecule has 0 amide bonds. The van der Waals surface area contributed by atoms with Crippen molar-refractivity contribution in [3.63, 3.8) is 0 Å². The largest absolute Gasteiger partial charge is 0.481 e.